The second-order valence-corrected chi connectivity index (χ2v) is 6.22. The number of methoxy groups -OCH3 is 1. The fourth-order valence-electron chi connectivity index (χ4n) is 2.30. The normalized spacial score (nSPS) is 11.0. The molecule has 2 rings (SSSR count). The lowest BCUT2D eigenvalue weighted by Crippen LogP contribution is -2.36. The van der Waals surface area contributed by atoms with E-state index in [4.69, 9.17) is 26.3 Å². The van der Waals surface area contributed by atoms with E-state index in [9.17, 15) is 14.4 Å². The Morgan fingerprint density at radius 1 is 1.21 bits per heavy atom. The molecule has 0 aliphatic rings. The van der Waals surface area contributed by atoms with Crippen LogP contribution < -0.4 is 15.4 Å². The third-order valence-corrected chi connectivity index (χ3v) is 4.09. The summed E-state index contributed by atoms with van der Waals surface area (Å²) in [4.78, 5) is 36.2. The summed E-state index contributed by atoms with van der Waals surface area (Å²) in [5, 5.41) is 14.0. The molecule has 1 atom stereocenters. The van der Waals surface area contributed by atoms with E-state index >= 15 is 0 Å². The molecule has 0 bridgehead atoms. The van der Waals surface area contributed by atoms with Gasteiger partial charge in [0.2, 0.25) is 0 Å². The van der Waals surface area contributed by atoms with E-state index in [1.165, 1.54) is 32.2 Å². The van der Waals surface area contributed by atoms with Crippen molar-refractivity contribution < 1.29 is 23.9 Å². The van der Waals surface area contributed by atoms with E-state index in [1.54, 1.807) is 24.3 Å². The first-order valence-electron chi connectivity index (χ1n) is 8.47. The number of carbonyl (C=O) groups is 3. The molecule has 0 spiro atoms. The summed E-state index contributed by atoms with van der Waals surface area (Å²) >= 11 is 5.91. The van der Waals surface area contributed by atoms with E-state index in [2.05, 4.69) is 10.6 Å². The monoisotopic (exact) mass is 415 g/mol. The Morgan fingerprint density at radius 3 is 2.59 bits per heavy atom. The summed E-state index contributed by atoms with van der Waals surface area (Å²) in [5.41, 5.74) is 0.896. The van der Waals surface area contributed by atoms with Crippen molar-refractivity contribution in [3.63, 3.8) is 0 Å². The van der Waals surface area contributed by atoms with Gasteiger partial charge < -0.3 is 20.1 Å². The second-order valence-electron chi connectivity index (χ2n) is 5.81. The van der Waals surface area contributed by atoms with Crippen LogP contribution in [0.5, 0.6) is 5.75 Å². The van der Waals surface area contributed by atoms with Gasteiger partial charge in [-0.1, -0.05) is 23.7 Å². The molecule has 0 aliphatic heterocycles. The highest BCUT2D eigenvalue weighted by Crippen LogP contribution is 2.20. The van der Waals surface area contributed by atoms with E-state index in [0.29, 0.717) is 11.4 Å². The van der Waals surface area contributed by atoms with E-state index < -0.39 is 30.4 Å². The molecule has 0 unspecified atom stereocenters. The molecule has 29 heavy (non-hydrogen) atoms. The molecule has 0 saturated heterocycles. The zero-order valence-corrected chi connectivity index (χ0v) is 16.4. The summed E-state index contributed by atoms with van der Waals surface area (Å²) in [6.45, 7) is 0.970. The van der Waals surface area contributed by atoms with Crippen LogP contribution in [0.1, 0.15) is 22.8 Å². The smallest absolute Gasteiger partial charge is 0.326 e. The third kappa shape index (κ3) is 5.96. The van der Waals surface area contributed by atoms with Crippen LogP contribution in [0.4, 0.5) is 5.69 Å². The topological polar surface area (TPSA) is 118 Å². The maximum Gasteiger partial charge on any atom is 0.326 e. The summed E-state index contributed by atoms with van der Waals surface area (Å²) in [6.07, 6.45) is -1.11. The lowest BCUT2D eigenvalue weighted by molar-refractivity contribution is -0.152. The number of hydrogen-bond acceptors (Lipinski definition) is 6. The molecule has 0 radical (unpaired) electrons. The predicted octanol–water partition coefficient (Wildman–Crippen LogP) is 2.52. The fraction of sp³-hybridized carbons (Fsp3) is 0.200. The molecule has 9 heteroatoms. The van der Waals surface area contributed by atoms with Crippen LogP contribution in [0, 0.1) is 11.3 Å². The molecule has 0 saturated carbocycles. The van der Waals surface area contributed by atoms with Gasteiger partial charge in [-0.2, -0.15) is 5.26 Å². The molecular weight excluding hydrogens is 398 g/mol. The lowest BCUT2D eigenvalue weighted by Gasteiger charge is -2.14. The molecule has 0 fully saturated rings. The zero-order valence-electron chi connectivity index (χ0n) is 15.7. The highest BCUT2D eigenvalue weighted by atomic mass is 35.5. The van der Waals surface area contributed by atoms with Gasteiger partial charge in [-0.15, -0.1) is 0 Å². The molecule has 2 N–H and O–H groups in total. The van der Waals surface area contributed by atoms with Gasteiger partial charge in [-0.25, -0.2) is 0 Å². The highest BCUT2D eigenvalue weighted by Gasteiger charge is 2.19. The average Bonchev–Trinajstić information content (AvgIpc) is 2.72. The number of para-hydroxylation sites is 1. The number of hydrogen-bond donors (Lipinski definition) is 2. The number of halogens is 1. The summed E-state index contributed by atoms with van der Waals surface area (Å²) < 4.78 is 10.1. The Balaban J connectivity index is 1.86. The van der Waals surface area contributed by atoms with Crippen LogP contribution >= 0.6 is 11.6 Å². The zero-order chi connectivity index (χ0) is 21.4. The molecule has 0 aromatic heterocycles. The Kier molecular flexibility index (Phi) is 7.57. The maximum atomic E-state index is 12.2. The molecule has 0 heterocycles. The maximum absolute atomic E-state index is 12.2. The minimum Gasteiger partial charge on any atom is -0.496 e. The van der Waals surface area contributed by atoms with Gasteiger partial charge in [0.15, 0.2) is 6.10 Å². The van der Waals surface area contributed by atoms with Crippen molar-refractivity contribution in [2.24, 2.45) is 0 Å². The van der Waals surface area contributed by atoms with Crippen LogP contribution in [0.15, 0.2) is 42.5 Å². The van der Waals surface area contributed by atoms with Crippen LogP contribution in [0.2, 0.25) is 5.02 Å². The number of nitrogens with zero attached hydrogens (tertiary/aromatic N) is 1. The van der Waals surface area contributed by atoms with Gasteiger partial charge in [0.1, 0.15) is 18.4 Å². The average molecular weight is 416 g/mol. The predicted molar refractivity (Wildman–Crippen MR) is 106 cm³/mol. The summed E-state index contributed by atoms with van der Waals surface area (Å²) in [5.74, 6) is -1.51. The molecule has 150 valence electrons. The Morgan fingerprint density at radius 2 is 1.93 bits per heavy atom. The molecule has 2 aromatic carbocycles. The lowest BCUT2D eigenvalue weighted by atomic mass is 10.2. The van der Waals surface area contributed by atoms with Gasteiger partial charge in [0.25, 0.3) is 11.8 Å². The Labute approximate surface area is 172 Å². The number of anilines is 1. The van der Waals surface area contributed by atoms with Gasteiger partial charge in [0.05, 0.1) is 23.3 Å². The minimum absolute atomic E-state index is 0.189. The van der Waals surface area contributed by atoms with Crippen molar-refractivity contribution in [2.45, 2.75) is 13.0 Å². The SMILES string of the molecule is COc1ccccc1C(=O)NCC(=O)O[C@@H](C)C(=O)Nc1ccc(C#N)c(Cl)c1. The Bertz CT molecular complexity index is 971. The molecular formula is C20H18ClN3O5. The van der Waals surface area contributed by atoms with E-state index in [0.717, 1.165) is 0 Å². The first kappa shape index (κ1) is 21.7. The van der Waals surface area contributed by atoms with Crippen molar-refractivity contribution in [3.05, 3.63) is 58.6 Å². The number of nitriles is 1. The number of ether oxygens (including phenoxy) is 2. The summed E-state index contributed by atoms with van der Waals surface area (Å²) in [6, 6.07) is 12.8. The third-order valence-electron chi connectivity index (χ3n) is 3.78. The largest absolute Gasteiger partial charge is 0.496 e. The van der Waals surface area contributed by atoms with Crippen molar-refractivity contribution in [1.82, 2.24) is 5.32 Å². The summed E-state index contributed by atoms with van der Waals surface area (Å²) in [7, 11) is 1.43. The van der Waals surface area contributed by atoms with Gasteiger partial charge in [-0.3, -0.25) is 14.4 Å². The van der Waals surface area contributed by atoms with Crippen LogP contribution in [-0.2, 0) is 14.3 Å². The van der Waals surface area contributed by atoms with Crippen LogP contribution in [0.25, 0.3) is 0 Å². The van der Waals surface area contributed by atoms with Crippen molar-refractivity contribution in [3.8, 4) is 11.8 Å². The van der Waals surface area contributed by atoms with Crippen molar-refractivity contribution in [1.29, 1.82) is 5.26 Å². The minimum atomic E-state index is -1.11. The Hall–Kier alpha value is -3.57. The second kappa shape index (κ2) is 10.1. The number of amides is 2. The highest BCUT2D eigenvalue weighted by molar-refractivity contribution is 6.32. The van der Waals surface area contributed by atoms with E-state index in [1.807, 2.05) is 6.07 Å². The van der Waals surface area contributed by atoms with Crippen LogP contribution in [-0.4, -0.2) is 37.5 Å². The first-order valence-corrected chi connectivity index (χ1v) is 8.84. The van der Waals surface area contributed by atoms with Gasteiger partial charge >= 0.3 is 5.97 Å². The number of rotatable bonds is 7. The number of nitrogens with one attached hydrogen (secondary N) is 2. The standard InChI is InChI=1S/C20H18ClN3O5/c1-12(19(26)24-14-8-7-13(10-22)16(21)9-14)29-18(25)11-23-20(27)15-5-3-4-6-17(15)28-2/h3-9,12H,11H2,1-2H3,(H,23,27)(H,24,26)/t12-/m0/s1. The van der Waals surface area contributed by atoms with Crippen molar-refractivity contribution >= 4 is 35.1 Å². The molecule has 2 amide bonds. The number of carbonyl (C=O) groups excluding carboxylic acids is 3. The quantitative estimate of drug-likeness (QED) is 0.671. The molecule has 2 aromatic rings. The molecule has 8 nitrogen and oxygen atoms in total. The van der Waals surface area contributed by atoms with E-state index in [-0.39, 0.29) is 16.1 Å². The van der Waals surface area contributed by atoms with Crippen molar-refractivity contribution in [2.75, 3.05) is 19.0 Å². The van der Waals surface area contributed by atoms with Gasteiger partial charge in [-0.05, 0) is 37.3 Å². The number of esters is 1. The first-order chi connectivity index (χ1) is 13.8. The van der Waals surface area contributed by atoms with Crippen LogP contribution in [0.3, 0.4) is 0 Å². The fourth-order valence-corrected chi connectivity index (χ4v) is 2.52. The van der Waals surface area contributed by atoms with Gasteiger partial charge in [0, 0.05) is 5.69 Å². The number of benzene rings is 2. The molecule has 0 aliphatic carbocycles.